The summed E-state index contributed by atoms with van der Waals surface area (Å²) < 4.78 is 2.11. The fourth-order valence-corrected chi connectivity index (χ4v) is 2.54. The number of hydrogen-bond acceptors (Lipinski definition) is 2. The molecule has 2 aromatic rings. The number of nitrogens with one attached hydrogen (secondary N) is 2. The maximum Gasteiger partial charge on any atom is 0.191 e. The van der Waals surface area contributed by atoms with Gasteiger partial charge in [-0.05, 0) is 44.7 Å². The van der Waals surface area contributed by atoms with Crippen molar-refractivity contribution in [2.45, 2.75) is 53.1 Å². The van der Waals surface area contributed by atoms with Gasteiger partial charge in [0.05, 0.1) is 12.2 Å². The average Bonchev–Trinajstić information content (AvgIpc) is 2.94. The lowest BCUT2D eigenvalue weighted by Gasteiger charge is -2.18. The first-order valence-electron chi connectivity index (χ1n) is 8.40. The van der Waals surface area contributed by atoms with Crippen LogP contribution in [0.25, 0.3) is 5.65 Å². The Balaban J connectivity index is 1.90. The van der Waals surface area contributed by atoms with Crippen LogP contribution in [0.1, 0.15) is 45.0 Å². The summed E-state index contributed by atoms with van der Waals surface area (Å²) >= 11 is 0. The molecule has 2 heterocycles. The Morgan fingerprint density at radius 3 is 2.70 bits per heavy atom. The first kappa shape index (κ1) is 17.3. The summed E-state index contributed by atoms with van der Waals surface area (Å²) in [6, 6.07) is 6.55. The van der Waals surface area contributed by atoms with Crippen molar-refractivity contribution in [1.82, 2.24) is 20.0 Å². The Kier molecular flexibility index (Phi) is 6.02. The van der Waals surface area contributed by atoms with Crippen LogP contribution in [0.4, 0.5) is 0 Å². The smallest absolute Gasteiger partial charge is 0.191 e. The molecule has 0 aromatic carbocycles. The topological polar surface area (TPSA) is 53.7 Å². The molecule has 0 radical (unpaired) electrons. The number of aliphatic imine (C=N–C) groups is 1. The number of rotatable bonds is 6. The van der Waals surface area contributed by atoms with E-state index in [1.54, 1.807) is 7.05 Å². The molecule has 126 valence electrons. The van der Waals surface area contributed by atoms with Crippen molar-refractivity contribution in [2.24, 2.45) is 10.9 Å². The van der Waals surface area contributed by atoms with Crippen LogP contribution < -0.4 is 10.6 Å². The number of aromatic nitrogens is 2. The predicted octanol–water partition coefficient (Wildman–Crippen LogP) is 3.13. The molecule has 23 heavy (non-hydrogen) atoms. The van der Waals surface area contributed by atoms with Gasteiger partial charge < -0.3 is 15.0 Å². The summed E-state index contributed by atoms with van der Waals surface area (Å²) in [5.41, 5.74) is 3.18. The standard InChI is InChI=1S/C18H29N5/c1-13(2)9-10-14(3)21-18(19-5)20-11-16-12-23-15(4)7-6-8-17(23)22-16/h6-8,12-14H,9-11H2,1-5H3,(H2,19,20,21). The van der Waals surface area contributed by atoms with Crippen molar-refractivity contribution in [3.8, 4) is 0 Å². The molecule has 0 aliphatic heterocycles. The average molecular weight is 315 g/mol. The molecule has 0 saturated carbocycles. The predicted molar refractivity (Wildman–Crippen MR) is 96.8 cm³/mol. The van der Waals surface area contributed by atoms with Crippen LogP contribution in [-0.2, 0) is 6.54 Å². The van der Waals surface area contributed by atoms with Crippen LogP contribution in [0.3, 0.4) is 0 Å². The number of fused-ring (bicyclic) bond motifs is 1. The molecule has 0 aliphatic carbocycles. The van der Waals surface area contributed by atoms with E-state index in [9.17, 15) is 0 Å². The molecule has 0 bridgehead atoms. The molecule has 5 nitrogen and oxygen atoms in total. The summed E-state index contributed by atoms with van der Waals surface area (Å²) in [6.07, 6.45) is 4.44. The Morgan fingerprint density at radius 1 is 1.26 bits per heavy atom. The Bertz CT molecular complexity index is 656. The van der Waals surface area contributed by atoms with E-state index in [4.69, 9.17) is 0 Å². The fraction of sp³-hybridized carbons (Fsp3) is 0.556. The normalized spacial score (nSPS) is 13.6. The van der Waals surface area contributed by atoms with Crippen molar-refractivity contribution in [2.75, 3.05) is 7.05 Å². The third kappa shape index (κ3) is 4.98. The molecule has 1 atom stereocenters. The minimum Gasteiger partial charge on any atom is -0.354 e. The van der Waals surface area contributed by atoms with Gasteiger partial charge in [-0.25, -0.2) is 4.98 Å². The second kappa shape index (κ2) is 7.99. The van der Waals surface area contributed by atoms with Crippen molar-refractivity contribution < 1.29 is 0 Å². The summed E-state index contributed by atoms with van der Waals surface area (Å²) in [4.78, 5) is 8.94. The Morgan fingerprint density at radius 2 is 2.04 bits per heavy atom. The molecule has 0 fully saturated rings. The molecule has 2 N–H and O–H groups in total. The lowest BCUT2D eigenvalue weighted by atomic mass is 10.0. The number of hydrogen-bond donors (Lipinski definition) is 2. The molecule has 0 spiro atoms. The third-order valence-corrected chi connectivity index (χ3v) is 3.97. The summed E-state index contributed by atoms with van der Waals surface area (Å²) in [5, 5.41) is 6.79. The highest BCUT2D eigenvalue weighted by atomic mass is 15.2. The highest BCUT2D eigenvalue weighted by molar-refractivity contribution is 5.79. The van der Waals surface area contributed by atoms with Crippen molar-refractivity contribution in [1.29, 1.82) is 0 Å². The zero-order valence-electron chi connectivity index (χ0n) is 14.9. The zero-order chi connectivity index (χ0) is 16.8. The molecule has 2 aromatic heterocycles. The van der Waals surface area contributed by atoms with Crippen molar-refractivity contribution in [3.05, 3.63) is 35.8 Å². The minimum absolute atomic E-state index is 0.409. The van der Waals surface area contributed by atoms with Crippen LogP contribution in [0.15, 0.2) is 29.4 Å². The van der Waals surface area contributed by atoms with Gasteiger partial charge in [0.2, 0.25) is 0 Å². The van der Waals surface area contributed by atoms with Crippen molar-refractivity contribution in [3.63, 3.8) is 0 Å². The van der Waals surface area contributed by atoms with Crippen LogP contribution >= 0.6 is 0 Å². The molecule has 2 rings (SSSR count). The Labute approximate surface area is 139 Å². The Hall–Kier alpha value is -2.04. The van der Waals surface area contributed by atoms with E-state index in [1.807, 2.05) is 12.1 Å². The lowest BCUT2D eigenvalue weighted by molar-refractivity contribution is 0.489. The second-order valence-electron chi connectivity index (χ2n) is 6.57. The fourth-order valence-electron chi connectivity index (χ4n) is 2.54. The van der Waals surface area contributed by atoms with Gasteiger partial charge in [0.15, 0.2) is 5.96 Å². The largest absolute Gasteiger partial charge is 0.354 e. The van der Waals surface area contributed by atoms with E-state index in [0.717, 1.165) is 29.6 Å². The van der Waals surface area contributed by atoms with Crippen LogP contribution in [-0.4, -0.2) is 28.4 Å². The molecular weight excluding hydrogens is 286 g/mol. The van der Waals surface area contributed by atoms with E-state index in [2.05, 4.69) is 65.0 Å². The quantitative estimate of drug-likeness (QED) is 0.636. The monoisotopic (exact) mass is 315 g/mol. The summed E-state index contributed by atoms with van der Waals surface area (Å²) in [5.74, 6) is 1.56. The maximum atomic E-state index is 4.64. The number of aryl methyl sites for hydroxylation is 1. The number of imidazole rings is 1. The van der Waals surface area contributed by atoms with Gasteiger partial charge in [-0.1, -0.05) is 19.9 Å². The number of pyridine rings is 1. The molecule has 1 unspecified atom stereocenters. The van der Waals surface area contributed by atoms with E-state index in [-0.39, 0.29) is 0 Å². The van der Waals surface area contributed by atoms with Gasteiger partial charge in [-0.2, -0.15) is 0 Å². The first-order valence-corrected chi connectivity index (χ1v) is 8.40. The SMILES string of the molecule is CN=C(NCc1cn2c(C)cccc2n1)NC(C)CCC(C)C. The lowest BCUT2D eigenvalue weighted by Crippen LogP contribution is -2.42. The maximum absolute atomic E-state index is 4.64. The van der Waals surface area contributed by atoms with E-state index in [1.165, 1.54) is 12.1 Å². The van der Waals surface area contributed by atoms with Crippen molar-refractivity contribution >= 4 is 11.6 Å². The summed E-state index contributed by atoms with van der Waals surface area (Å²) in [7, 11) is 1.80. The van der Waals surface area contributed by atoms with E-state index >= 15 is 0 Å². The van der Waals surface area contributed by atoms with Crippen LogP contribution in [0, 0.1) is 12.8 Å². The molecule has 0 saturated heterocycles. The van der Waals surface area contributed by atoms with Gasteiger partial charge in [0.1, 0.15) is 5.65 Å². The van der Waals surface area contributed by atoms with Gasteiger partial charge in [0.25, 0.3) is 0 Å². The van der Waals surface area contributed by atoms with E-state index < -0.39 is 0 Å². The number of guanidine groups is 1. The van der Waals surface area contributed by atoms with Gasteiger partial charge in [-0.15, -0.1) is 0 Å². The summed E-state index contributed by atoms with van der Waals surface area (Å²) in [6.45, 7) is 9.46. The molecule has 5 heteroatoms. The first-order chi connectivity index (χ1) is 11.0. The van der Waals surface area contributed by atoms with Gasteiger partial charge in [0, 0.05) is 25.0 Å². The van der Waals surface area contributed by atoms with Gasteiger partial charge >= 0.3 is 0 Å². The highest BCUT2D eigenvalue weighted by Gasteiger charge is 2.08. The highest BCUT2D eigenvalue weighted by Crippen LogP contribution is 2.08. The zero-order valence-corrected chi connectivity index (χ0v) is 14.9. The number of nitrogens with zero attached hydrogens (tertiary/aromatic N) is 3. The van der Waals surface area contributed by atoms with Crippen LogP contribution in [0.5, 0.6) is 0 Å². The van der Waals surface area contributed by atoms with Crippen LogP contribution in [0.2, 0.25) is 0 Å². The minimum atomic E-state index is 0.409. The molecular formula is C18H29N5. The molecule has 0 amide bonds. The third-order valence-electron chi connectivity index (χ3n) is 3.97. The second-order valence-corrected chi connectivity index (χ2v) is 6.57. The molecule has 0 aliphatic rings. The van der Waals surface area contributed by atoms with Gasteiger partial charge in [-0.3, -0.25) is 4.99 Å². The van der Waals surface area contributed by atoms with E-state index in [0.29, 0.717) is 12.6 Å².